The highest BCUT2D eigenvalue weighted by atomic mass is 35.5. The second-order valence-electron chi connectivity index (χ2n) is 7.60. The normalized spacial score (nSPS) is 12.9. The summed E-state index contributed by atoms with van der Waals surface area (Å²) in [5.41, 5.74) is -1.70. The van der Waals surface area contributed by atoms with Crippen LogP contribution in [0.5, 0.6) is 5.75 Å². The number of aliphatic hydroxyl groups is 1. The molecule has 3 aromatic rings. The Kier molecular flexibility index (Phi) is 8.50. The summed E-state index contributed by atoms with van der Waals surface area (Å²) in [5, 5.41) is 14.1. The van der Waals surface area contributed by atoms with Gasteiger partial charge in [0.2, 0.25) is 5.60 Å². The second kappa shape index (κ2) is 11.4. The molecule has 1 unspecified atom stereocenters. The summed E-state index contributed by atoms with van der Waals surface area (Å²) in [5.74, 6) is -2.10. The van der Waals surface area contributed by atoms with Gasteiger partial charge in [-0.3, -0.25) is 4.79 Å². The number of halogens is 1. The second-order valence-corrected chi connectivity index (χ2v) is 10.0. The van der Waals surface area contributed by atoms with Gasteiger partial charge in [0.15, 0.2) is 9.84 Å². The van der Waals surface area contributed by atoms with Gasteiger partial charge in [0, 0.05) is 16.3 Å². The lowest BCUT2D eigenvalue weighted by atomic mass is 10.1. The predicted octanol–water partition coefficient (Wildman–Crippen LogP) is 3.74. The number of nitrogens with one attached hydrogen (secondary N) is 1. The summed E-state index contributed by atoms with van der Waals surface area (Å²) < 4.78 is 36.4. The summed E-state index contributed by atoms with van der Waals surface area (Å²) in [7, 11) is -4.15. The van der Waals surface area contributed by atoms with Crippen molar-refractivity contribution in [2.45, 2.75) is 17.4 Å². The number of para-hydroxylation sites is 1. The molecule has 8 nitrogen and oxygen atoms in total. The molecule has 2 N–H and O–H groups in total. The number of hydrogen-bond acceptors (Lipinski definition) is 7. The van der Waals surface area contributed by atoms with Crippen molar-refractivity contribution in [2.24, 2.45) is 0 Å². The summed E-state index contributed by atoms with van der Waals surface area (Å²) in [6.45, 7) is 0.876. The highest BCUT2D eigenvalue weighted by Gasteiger charge is 2.44. The van der Waals surface area contributed by atoms with Crippen molar-refractivity contribution in [2.75, 3.05) is 24.3 Å². The molecule has 0 aliphatic rings. The standard InChI is InChI=1S/C25H24ClNO7S/c1-2-33-24(29)25(30,16-34-21-6-4-3-5-7-21)17-35(31,32)22-14-12-20(13-15-22)27-23(28)18-8-10-19(26)11-9-18/h3-15,30H,2,16-17H2,1H3,(H,27,28). The molecule has 184 valence electrons. The van der Waals surface area contributed by atoms with E-state index >= 15 is 0 Å². The molecule has 1 atom stereocenters. The third kappa shape index (κ3) is 7.05. The SMILES string of the molecule is CCOC(=O)C(O)(COc1ccccc1)CS(=O)(=O)c1ccc(NC(=O)c2ccc(Cl)cc2)cc1. The molecule has 0 spiro atoms. The Morgan fingerprint density at radius 2 is 1.60 bits per heavy atom. The molecule has 0 aliphatic heterocycles. The first-order valence-electron chi connectivity index (χ1n) is 10.6. The number of carbonyl (C=O) groups excluding carboxylic acids is 2. The molecule has 0 saturated carbocycles. The van der Waals surface area contributed by atoms with Gasteiger partial charge in [0.05, 0.1) is 17.3 Å². The van der Waals surface area contributed by atoms with Crippen molar-refractivity contribution in [3.05, 3.63) is 89.4 Å². The molecule has 0 aromatic heterocycles. The maximum atomic E-state index is 13.0. The third-order valence-electron chi connectivity index (χ3n) is 4.88. The van der Waals surface area contributed by atoms with E-state index in [-0.39, 0.29) is 11.5 Å². The van der Waals surface area contributed by atoms with Crippen LogP contribution in [0.3, 0.4) is 0 Å². The van der Waals surface area contributed by atoms with E-state index in [0.717, 1.165) is 0 Å². The summed E-state index contributed by atoms with van der Waals surface area (Å²) >= 11 is 5.83. The molecule has 0 fully saturated rings. The molecule has 0 heterocycles. The number of amides is 1. The lowest BCUT2D eigenvalue weighted by Gasteiger charge is -2.25. The van der Waals surface area contributed by atoms with E-state index in [1.54, 1.807) is 61.5 Å². The van der Waals surface area contributed by atoms with Crippen molar-refractivity contribution >= 4 is 39.0 Å². The van der Waals surface area contributed by atoms with Crippen molar-refractivity contribution in [3.8, 4) is 5.75 Å². The van der Waals surface area contributed by atoms with Crippen LogP contribution in [0.2, 0.25) is 5.02 Å². The minimum absolute atomic E-state index is 0.0471. The molecular weight excluding hydrogens is 494 g/mol. The first-order chi connectivity index (χ1) is 16.6. The van der Waals surface area contributed by atoms with Crippen LogP contribution in [-0.4, -0.2) is 50.0 Å². The molecule has 0 saturated heterocycles. The topological polar surface area (TPSA) is 119 Å². The van der Waals surface area contributed by atoms with Crippen LogP contribution in [0.4, 0.5) is 5.69 Å². The van der Waals surface area contributed by atoms with E-state index in [2.05, 4.69) is 5.32 Å². The smallest absolute Gasteiger partial charge is 0.342 e. The maximum absolute atomic E-state index is 13.0. The van der Waals surface area contributed by atoms with Crippen molar-refractivity contribution < 1.29 is 32.6 Å². The Morgan fingerprint density at radius 3 is 2.20 bits per heavy atom. The highest BCUT2D eigenvalue weighted by Crippen LogP contribution is 2.22. The predicted molar refractivity (Wildman–Crippen MR) is 131 cm³/mol. The largest absolute Gasteiger partial charge is 0.490 e. The van der Waals surface area contributed by atoms with E-state index < -0.39 is 39.7 Å². The average molecular weight is 518 g/mol. The van der Waals surface area contributed by atoms with E-state index in [1.165, 1.54) is 24.3 Å². The van der Waals surface area contributed by atoms with Crippen LogP contribution in [0, 0.1) is 0 Å². The van der Waals surface area contributed by atoms with E-state index in [1.807, 2.05) is 0 Å². The average Bonchev–Trinajstić information content (AvgIpc) is 2.84. The van der Waals surface area contributed by atoms with Gasteiger partial charge in [-0.1, -0.05) is 29.8 Å². The van der Waals surface area contributed by atoms with E-state index in [9.17, 15) is 23.1 Å². The summed E-state index contributed by atoms with van der Waals surface area (Å²) in [6.07, 6.45) is 0. The lowest BCUT2D eigenvalue weighted by Crippen LogP contribution is -2.51. The number of anilines is 1. The Bertz CT molecular complexity index is 1260. The number of benzene rings is 3. The van der Waals surface area contributed by atoms with Crippen molar-refractivity contribution in [1.82, 2.24) is 0 Å². The van der Waals surface area contributed by atoms with Gasteiger partial charge < -0.3 is 19.9 Å². The van der Waals surface area contributed by atoms with E-state index in [0.29, 0.717) is 22.0 Å². The molecule has 0 aliphatic carbocycles. The van der Waals surface area contributed by atoms with Gasteiger partial charge in [-0.2, -0.15) is 0 Å². The first kappa shape index (κ1) is 26.2. The molecule has 3 rings (SSSR count). The van der Waals surface area contributed by atoms with Crippen molar-refractivity contribution in [1.29, 1.82) is 0 Å². The van der Waals surface area contributed by atoms with Gasteiger partial charge in [-0.25, -0.2) is 13.2 Å². The number of carbonyl (C=O) groups is 2. The molecular formula is C25H24ClNO7S. The highest BCUT2D eigenvalue weighted by molar-refractivity contribution is 7.91. The number of hydrogen-bond donors (Lipinski definition) is 2. The van der Waals surface area contributed by atoms with Gasteiger partial charge in [-0.15, -0.1) is 0 Å². The fraction of sp³-hybridized carbons (Fsp3) is 0.200. The zero-order valence-electron chi connectivity index (χ0n) is 18.8. The monoisotopic (exact) mass is 517 g/mol. The Hall–Kier alpha value is -3.40. The lowest BCUT2D eigenvalue weighted by molar-refractivity contribution is -0.165. The van der Waals surface area contributed by atoms with Crippen LogP contribution < -0.4 is 10.1 Å². The van der Waals surface area contributed by atoms with Crippen LogP contribution in [-0.2, 0) is 19.4 Å². The third-order valence-corrected chi connectivity index (χ3v) is 6.98. The number of ether oxygens (including phenoxy) is 2. The van der Waals surface area contributed by atoms with Gasteiger partial charge in [-0.05, 0) is 67.6 Å². The maximum Gasteiger partial charge on any atom is 0.342 e. The fourth-order valence-corrected chi connectivity index (χ4v) is 4.77. The molecule has 0 bridgehead atoms. The summed E-state index contributed by atoms with van der Waals surface area (Å²) in [6, 6.07) is 20.0. The van der Waals surface area contributed by atoms with Gasteiger partial charge in [0.1, 0.15) is 12.4 Å². The van der Waals surface area contributed by atoms with Crippen LogP contribution in [0.25, 0.3) is 0 Å². The van der Waals surface area contributed by atoms with Crippen LogP contribution in [0.1, 0.15) is 17.3 Å². The minimum atomic E-state index is -4.15. The molecule has 1 amide bonds. The zero-order chi connectivity index (χ0) is 25.5. The minimum Gasteiger partial charge on any atom is -0.490 e. The molecule has 0 radical (unpaired) electrons. The van der Waals surface area contributed by atoms with Gasteiger partial charge >= 0.3 is 5.97 Å². The number of rotatable bonds is 10. The number of esters is 1. The van der Waals surface area contributed by atoms with Crippen LogP contribution in [0.15, 0.2) is 83.8 Å². The van der Waals surface area contributed by atoms with Crippen molar-refractivity contribution in [3.63, 3.8) is 0 Å². The molecule has 3 aromatic carbocycles. The molecule has 10 heteroatoms. The Labute approximate surface area is 208 Å². The van der Waals surface area contributed by atoms with Crippen LogP contribution >= 0.6 is 11.6 Å². The van der Waals surface area contributed by atoms with Gasteiger partial charge in [0.25, 0.3) is 5.91 Å². The quantitative estimate of drug-likeness (QED) is 0.393. The van der Waals surface area contributed by atoms with E-state index in [4.69, 9.17) is 21.1 Å². The first-order valence-corrected chi connectivity index (χ1v) is 12.6. The fourth-order valence-electron chi connectivity index (χ4n) is 3.09. The zero-order valence-corrected chi connectivity index (χ0v) is 20.4. The Morgan fingerprint density at radius 1 is 0.971 bits per heavy atom. The molecule has 35 heavy (non-hydrogen) atoms. The number of sulfone groups is 1. The summed E-state index contributed by atoms with van der Waals surface area (Å²) in [4.78, 5) is 24.7. The Balaban J connectivity index is 1.74.